The predicted molar refractivity (Wildman–Crippen MR) is 81.3 cm³/mol. The molecule has 0 bridgehead atoms. The largest absolute Gasteiger partial charge is 0.484 e. The summed E-state index contributed by atoms with van der Waals surface area (Å²) in [5.41, 5.74) is 4.54. The van der Waals surface area contributed by atoms with Crippen LogP contribution < -0.4 is 15.6 Å². The van der Waals surface area contributed by atoms with Crippen molar-refractivity contribution >= 4 is 17.8 Å². The maximum absolute atomic E-state index is 12.1. The highest BCUT2D eigenvalue weighted by molar-refractivity contribution is 5.87. The molecule has 7 heteroatoms. The Morgan fingerprint density at radius 2 is 1.70 bits per heavy atom. The quantitative estimate of drug-likeness (QED) is 0.705. The minimum Gasteiger partial charge on any atom is -0.484 e. The summed E-state index contributed by atoms with van der Waals surface area (Å²) in [6, 6.07) is 8.82. The number of aliphatic carboxylic acids is 1. The summed E-state index contributed by atoms with van der Waals surface area (Å²) >= 11 is 0. The van der Waals surface area contributed by atoms with Crippen molar-refractivity contribution in [3.05, 3.63) is 30.3 Å². The molecule has 1 saturated carbocycles. The van der Waals surface area contributed by atoms with Crippen LogP contribution in [0.2, 0.25) is 0 Å². The van der Waals surface area contributed by atoms with Crippen LogP contribution in [0.3, 0.4) is 0 Å². The number of carboxylic acid groups (broad SMARTS) is 1. The average Bonchev–Trinajstić information content (AvgIpc) is 2.58. The SMILES string of the molecule is O=C(COc1ccccc1)NNC(=O)C1CCCCC1C(=O)O. The number of carboxylic acids is 1. The lowest BCUT2D eigenvalue weighted by molar-refractivity contribution is -0.149. The van der Waals surface area contributed by atoms with E-state index in [0.717, 1.165) is 12.8 Å². The molecule has 1 fully saturated rings. The van der Waals surface area contributed by atoms with Crippen molar-refractivity contribution in [2.75, 3.05) is 6.61 Å². The number of amides is 2. The molecule has 2 amide bonds. The number of nitrogens with one attached hydrogen (secondary N) is 2. The maximum Gasteiger partial charge on any atom is 0.307 e. The van der Waals surface area contributed by atoms with Crippen molar-refractivity contribution in [3.8, 4) is 5.75 Å². The van der Waals surface area contributed by atoms with E-state index in [4.69, 9.17) is 9.84 Å². The highest BCUT2D eigenvalue weighted by atomic mass is 16.5. The molecule has 0 saturated heterocycles. The monoisotopic (exact) mass is 320 g/mol. The summed E-state index contributed by atoms with van der Waals surface area (Å²) in [5, 5.41) is 9.16. The predicted octanol–water partition coefficient (Wildman–Crippen LogP) is 1.10. The van der Waals surface area contributed by atoms with Gasteiger partial charge in [-0.3, -0.25) is 25.2 Å². The van der Waals surface area contributed by atoms with E-state index in [0.29, 0.717) is 18.6 Å². The van der Waals surface area contributed by atoms with E-state index in [1.807, 2.05) is 6.07 Å². The van der Waals surface area contributed by atoms with Gasteiger partial charge in [0.2, 0.25) is 5.91 Å². The zero-order valence-corrected chi connectivity index (χ0v) is 12.7. The number of hydrazine groups is 1. The molecule has 0 aromatic heterocycles. The Hall–Kier alpha value is -2.57. The van der Waals surface area contributed by atoms with Gasteiger partial charge in [0.1, 0.15) is 5.75 Å². The van der Waals surface area contributed by atoms with E-state index >= 15 is 0 Å². The summed E-state index contributed by atoms with van der Waals surface area (Å²) in [6.45, 7) is -0.239. The summed E-state index contributed by atoms with van der Waals surface area (Å²) in [6.07, 6.45) is 2.61. The first-order valence-corrected chi connectivity index (χ1v) is 7.57. The van der Waals surface area contributed by atoms with Crippen LogP contribution in [0.25, 0.3) is 0 Å². The van der Waals surface area contributed by atoms with Crippen LogP contribution in [-0.4, -0.2) is 29.5 Å². The molecule has 3 N–H and O–H groups in total. The van der Waals surface area contributed by atoms with Crippen LogP contribution in [0.5, 0.6) is 5.75 Å². The van der Waals surface area contributed by atoms with Gasteiger partial charge in [-0.1, -0.05) is 31.0 Å². The van der Waals surface area contributed by atoms with E-state index in [2.05, 4.69) is 10.9 Å². The van der Waals surface area contributed by atoms with E-state index in [-0.39, 0.29) is 6.61 Å². The minimum atomic E-state index is -0.969. The number of para-hydroxylation sites is 1. The molecule has 0 heterocycles. The van der Waals surface area contributed by atoms with Gasteiger partial charge >= 0.3 is 5.97 Å². The number of hydrogen-bond acceptors (Lipinski definition) is 4. The number of hydrogen-bond donors (Lipinski definition) is 3. The highest BCUT2D eigenvalue weighted by Crippen LogP contribution is 2.30. The lowest BCUT2D eigenvalue weighted by Crippen LogP contribution is -2.49. The zero-order chi connectivity index (χ0) is 16.7. The third-order valence-corrected chi connectivity index (χ3v) is 3.86. The molecule has 1 aromatic rings. The van der Waals surface area contributed by atoms with E-state index in [1.165, 1.54) is 0 Å². The van der Waals surface area contributed by atoms with Gasteiger partial charge in [0.05, 0.1) is 11.8 Å². The molecule has 2 unspecified atom stereocenters. The van der Waals surface area contributed by atoms with Gasteiger partial charge in [0.25, 0.3) is 5.91 Å². The van der Waals surface area contributed by atoms with Gasteiger partial charge in [-0.25, -0.2) is 0 Å². The smallest absolute Gasteiger partial charge is 0.307 e. The molecule has 0 spiro atoms. The van der Waals surface area contributed by atoms with E-state index in [9.17, 15) is 14.4 Å². The van der Waals surface area contributed by atoms with Crippen LogP contribution in [0.1, 0.15) is 25.7 Å². The number of benzene rings is 1. The van der Waals surface area contributed by atoms with Crippen LogP contribution in [0.15, 0.2) is 30.3 Å². The van der Waals surface area contributed by atoms with E-state index < -0.39 is 29.6 Å². The Bertz CT molecular complexity index is 561. The second-order valence-corrected chi connectivity index (χ2v) is 5.47. The van der Waals surface area contributed by atoms with Crippen LogP contribution in [-0.2, 0) is 14.4 Å². The number of carbonyl (C=O) groups is 3. The Kier molecular flexibility index (Phi) is 5.96. The average molecular weight is 320 g/mol. The summed E-state index contributed by atoms with van der Waals surface area (Å²) in [4.78, 5) is 34.9. The van der Waals surface area contributed by atoms with Gasteiger partial charge < -0.3 is 9.84 Å². The van der Waals surface area contributed by atoms with E-state index in [1.54, 1.807) is 24.3 Å². The Balaban J connectivity index is 1.76. The first-order chi connectivity index (χ1) is 11.1. The standard InChI is InChI=1S/C16H20N2O5/c19-14(10-23-11-6-2-1-3-7-11)17-18-15(20)12-8-4-5-9-13(12)16(21)22/h1-3,6-7,12-13H,4-5,8-10H2,(H,17,19)(H,18,20)(H,21,22). The van der Waals surface area contributed by atoms with Gasteiger partial charge in [-0.2, -0.15) is 0 Å². The van der Waals surface area contributed by atoms with Gasteiger partial charge in [0, 0.05) is 0 Å². The van der Waals surface area contributed by atoms with Gasteiger partial charge in [0.15, 0.2) is 6.61 Å². The topological polar surface area (TPSA) is 105 Å². The number of ether oxygens (including phenoxy) is 1. The molecule has 0 radical (unpaired) electrons. The fraction of sp³-hybridized carbons (Fsp3) is 0.438. The molecular weight excluding hydrogens is 300 g/mol. The molecule has 124 valence electrons. The van der Waals surface area contributed by atoms with Gasteiger partial charge in [-0.05, 0) is 25.0 Å². The maximum atomic E-state index is 12.1. The molecule has 2 atom stereocenters. The third kappa shape index (κ3) is 4.98. The molecule has 0 aliphatic heterocycles. The first-order valence-electron chi connectivity index (χ1n) is 7.57. The van der Waals surface area contributed by atoms with Crippen molar-refractivity contribution in [2.45, 2.75) is 25.7 Å². The van der Waals surface area contributed by atoms with Crippen molar-refractivity contribution in [3.63, 3.8) is 0 Å². The minimum absolute atomic E-state index is 0.239. The van der Waals surface area contributed by atoms with Crippen molar-refractivity contribution in [2.24, 2.45) is 11.8 Å². The van der Waals surface area contributed by atoms with Crippen molar-refractivity contribution < 1.29 is 24.2 Å². The summed E-state index contributed by atoms with van der Waals surface area (Å²) < 4.78 is 5.25. The molecule has 1 aromatic carbocycles. The Morgan fingerprint density at radius 1 is 1.04 bits per heavy atom. The third-order valence-electron chi connectivity index (χ3n) is 3.86. The number of rotatable bonds is 5. The molecule has 1 aliphatic rings. The molecule has 7 nitrogen and oxygen atoms in total. The second-order valence-electron chi connectivity index (χ2n) is 5.47. The van der Waals surface area contributed by atoms with Crippen molar-refractivity contribution in [1.82, 2.24) is 10.9 Å². The summed E-state index contributed by atoms with van der Waals surface area (Å²) in [7, 11) is 0. The molecule has 1 aliphatic carbocycles. The number of carbonyl (C=O) groups excluding carboxylic acids is 2. The lowest BCUT2D eigenvalue weighted by Gasteiger charge is -2.27. The second kappa shape index (κ2) is 8.17. The highest BCUT2D eigenvalue weighted by Gasteiger charge is 2.35. The Labute approximate surface area is 134 Å². The molecular formula is C16H20N2O5. The van der Waals surface area contributed by atoms with Crippen LogP contribution in [0, 0.1) is 11.8 Å². The van der Waals surface area contributed by atoms with Gasteiger partial charge in [-0.15, -0.1) is 0 Å². The Morgan fingerprint density at radius 3 is 2.35 bits per heavy atom. The summed E-state index contributed by atoms with van der Waals surface area (Å²) in [5.74, 6) is -2.70. The first kappa shape index (κ1) is 16.8. The normalized spacial score (nSPS) is 20.3. The van der Waals surface area contributed by atoms with Crippen LogP contribution in [0.4, 0.5) is 0 Å². The molecule has 23 heavy (non-hydrogen) atoms. The zero-order valence-electron chi connectivity index (χ0n) is 12.7. The molecule has 2 rings (SSSR count). The fourth-order valence-corrected chi connectivity index (χ4v) is 2.67. The van der Waals surface area contributed by atoms with Crippen LogP contribution >= 0.6 is 0 Å². The lowest BCUT2D eigenvalue weighted by atomic mass is 9.79. The fourth-order valence-electron chi connectivity index (χ4n) is 2.67. The van der Waals surface area contributed by atoms with Crippen molar-refractivity contribution in [1.29, 1.82) is 0 Å².